The summed E-state index contributed by atoms with van der Waals surface area (Å²) in [6.45, 7) is 0. The lowest BCUT2D eigenvalue weighted by atomic mass is 9.77. The first-order valence-corrected chi connectivity index (χ1v) is 12.4. The Labute approximate surface area is 223 Å². The largest absolute Gasteiger partial charge is 0.399 e. The van der Waals surface area contributed by atoms with E-state index in [-0.39, 0.29) is 5.91 Å². The molecule has 3 nitrogen and oxygen atoms in total. The van der Waals surface area contributed by atoms with Crippen molar-refractivity contribution >= 4 is 62.3 Å². The van der Waals surface area contributed by atoms with Crippen molar-refractivity contribution in [1.82, 2.24) is 5.32 Å². The summed E-state index contributed by atoms with van der Waals surface area (Å²) in [5.74, 6) is -0.217. The third-order valence-electron chi connectivity index (χ3n) is 5.16. The highest BCUT2D eigenvalue weighted by molar-refractivity contribution is 9.10. The fourth-order valence-corrected chi connectivity index (χ4v) is 4.16. The highest BCUT2D eigenvalue weighted by Crippen LogP contribution is 2.37. The van der Waals surface area contributed by atoms with Gasteiger partial charge in [0.2, 0.25) is 0 Å². The summed E-state index contributed by atoms with van der Waals surface area (Å²) in [6, 6.07) is 35.3. The molecule has 174 valence electrons. The van der Waals surface area contributed by atoms with E-state index in [2.05, 4.69) is 21.2 Å². The van der Waals surface area contributed by atoms with Crippen LogP contribution in [-0.4, -0.2) is 10.2 Å². The predicted molar refractivity (Wildman–Crippen MR) is 147 cm³/mol. The van der Waals surface area contributed by atoms with Crippen LogP contribution >= 0.6 is 50.7 Å². The van der Waals surface area contributed by atoms with E-state index in [1.807, 2.05) is 91.0 Å². The van der Waals surface area contributed by atoms with Crippen molar-refractivity contribution in [2.75, 3.05) is 5.73 Å². The van der Waals surface area contributed by atoms with Crippen molar-refractivity contribution in [2.24, 2.45) is 0 Å². The molecule has 4 rings (SSSR count). The van der Waals surface area contributed by atoms with Crippen molar-refractivity contribution in [3.05, 3.63) is 136 Å². The molecule has 34 heavy (non-hydrogen) atoms. The van der Waals surface area contributed by atoms with Crippen molar-refractivity contribution in [3.8, 4) is 0 Å². The number of nitrogens with one attached hydrogen (secondary N) is 1. The van der Waals surface area contributed by atoms with Gasteiger partial charge >= 0.3 is 0 Å². The molecular formula is C27H22BrCl3N2O. The molecule has 0 radical (unpaired) electrons. The molecule has 7 heteroatoms. The lowest BCUT2D eigenvalue weighted by molar-refractivity contribution is 0.0924. The van der Waals surface area contributed by atoms with Crippen LogP contribution in [0, 0.1) is 0 Å². The normalized spacial score (nSPS) is 10.9. The first-order chi connectivity index (χ1) is 16.3. The lowest BCUT2D eigenvalue weighted by Crippen LogP contribution is -2.48. The van der Waals surface area contributed by atoms with E-state index in [1.54, 1.807) is 18.2 Å². The monoisotopic (exact) mass is 574 g/mol. The minimum absolute atomic E-state index is 0.217. The second kappa shape index (κ2) is 12.3. The summed E-state index contributed by atoms with van der Waals surface area (Å²) < 4.78 is -0.0581. The summed E-state index contributed by atoms with van der Waals surface area (Å²) in [6.07, 6.45) is 0. The number of rotatable bonds is 5. The topological polar surface area (TPSA) is 55.1 Å². The van der Waals surface area contributed by atoms with Crippen molar-refractivity contribution in [2.45, 2.75) is 9.83 Å². The molecule has 0 aromatic heterocycles. The minimum atomic E-state index is -0.870. The summed E-state index contributed by atoms with van der Waals surface area (Å²) in [5.41, 5.74) is 9.02. The molecule has 0 saturated heterocycles. The predicted octanol–water partition coefficient (Wildman–Crippen LogP) is 7.74. The van der Waals surface area contributed by atoms with Gasteiger partial charge in [0.05, 0.1) is 5.56 Å². The number of benzene rings is 4. The van der Waals surface area contributed by atoms with Crippen LogP contribution in [0.25, 0.3) is 0 Å². The molecule has 4 aromatic carbocycles. The number of nitrogens with two attached hydrogens (primary N) is 1. The fourth-order valence-electron chi connectivity index (χ4n) is 3.74. The van der Waals surface area contributed by atoms with E-state index in [0.717, 1.165) is 16.7 Å². The van der Waals surface area contributed by atoms with E-state index in [4.69, 9.17) is 40.5 Å². The zero-order valence-corrected chi connectivity index (χ0v) is 21.8. The Balaban J connectivity index is 0.000000751. The van der Waals surface area contributed by atoms with Gasteiger partial charge in [0, 0.05) is 10.2 Å². The zero-order chi connectivity index (χ0) is 24.6. The number of amides is 1. The van der Waals surface area contributed by atoms with Crippen LogP contribution in [0.15, 0.2) is 114 Å². The Kier molecular flexibility index (Phi) is 9.43. The number of anilines is 1. The molecule has 0 fully saturated rings. The average Bonchev–Trinajstić information content (AvgIpc) is 2.85. The molecule has 0 aliphatic heterocycles. The van der Waals surface area contributed by atoms with Gasteiger partial charge in [-0.05, 0) is 50.8 Å². The number of carbonyl (C=O) groups excluding carboxylic acids is 1. The second-order valence-corrected chi connectivity index (χ2v) is 10.1. The number of hydrogen-bond donors (Lipinski definition) is 2. The van der Waals surface area contributed by atoms with Crippen LogP contribution in [-0.2, 0) is 5.54 Å². The Bertz CT molecular complexity index is 1110. The molecule has 0 unspecified atom stereocenters. The number of hydrogen-bond acceptors (Lipinski definition) is 2. The van der Waals surface area contributed by atoms with Crippen molar-refractivity contribution < 1.29 is 4.79 Å². The molecule has 0 heterocycles. The maximum absolute atomic E-state index is 13.6. The molecular weight excluding hydrogens is 555 g/mol. The SMILES string of the molecule is ClC(Cl)Cl.Nc1ccc(Br)c(C(=O)NC(c2ccccc2)(c2ccccc2)c2ccccc2)c1. The minimum Gasteiger partial charge on any atom is -0.399 e. The highest BCUT2D eigenvalue weighted by Gasteiger charge is 2.38. The molecule has 1 amide bonds. The average molecular weight is 577 g/mol. The van der Waals surface area contributed by atoms with Crippen LogP contribution in [0.5, 0.6) is 0 Å². The van der Waals surface area contributed by atoms with Crippen LogP contribution in [0.4, 0.5) is 5.69 Å². The quantitative estimate of drug-likeness (QED) is 0.145. The van der Waals surface area contributed by atoms with Gasteiger partial charge in [-0.25, -0.2) is 0 Å². The van der Waals surface area contributed by atoms with Crippen molar-refractivity contribution in [1.29, 1.82) is 0 Å². The third-order valence-corrected chi connectivity index (χ3v) is 5.85. The second-order valence-electron chi connectivity index (χ2n) is 7.29. The van der Waals surface area contributed by atoms with Gasteiger partial charge < -0.3 is 11.1 Å². The van der Waals surface area contributed by atoms with E-state index in [9.17, 15) is 4.79 Å². The Hall–Kier alpha value is -2.50. The molecule has 0 spiro atoms. The van der Waals surface area contributed by atoms with E-state index < -0.39 is 9.83 Å². The van der Waals surface area contributed by atoms with Gasteiger partial charge in [-0.1, -0.05) is 126 Å². The smallest absolute Gasteiger partial charge is 0.253 e. The molecule has 4 aromatic rings. The summed E-state index contributed by atoms with van der Waals surface area (Å²) in [4.78, 5) is 13.6. The number of nitrogen functional groups attached to an aromatic ring is 1. The van der Waals surface area contributed by atoms with E-state index in [0.29, 0.717) is 15.7 Å². The summed E-state index contributed by atoms with van der Waals surface area (Å²) in [7, 11) is 0. The molecule has 3 N–H and O–H groups in total. The Morgan fingerprint density at radius 2 is 1.12 bits per heavy atom. The number of carbonyl (C=O) groups is 1. The van der Waals surface area contributed by atoms with Gasteiger partial charge in [-0.2, -0.15) is 0 Å². The van der Waals surface area contributed by atoms with Gasteiger partial charge in [0.25, 0.3) is 5.91 Å². The first kappa shape index (κ1) is 26.1. The van der Waals surface area contributed by atoms with Gasteiger partial charge in [-0.3, -0.25) is 4.79 Å². The molecule has 0 bridgehead atoms. The van der Waals surface area contributed by atoms with Crippen LogP contribution in [0.1, 0.15) is 27.0 Å². The highest BCUT2D eigenvalue weighted by atomic mass is 79.9. The van der Waals surface area contributed by atoms with Crippen LogP contribution in [0.2, 0.25) is 0 Å². The van der Waals surface area contributed by atoms with Crippen LogP contribution < -0.4 is 11.1 Å². The molecule has 0 aliphatic rings. The van der Waals surface area contributed by atoms with Gasteiger partial charge in [0.15, 0.2) is 4.30 Å². The van der Waals surface area contributed by atoms with Crippen LogP contribution in [0.3, 0.4) is 0 Å². The van der Waals surface area contributed by atoms with Gasteiger partial charge in [-0.15, -0.1) is 0 Å². The maximum atomic E-state index is 13.6. The number of halogens is 4. The zero-order valence-electron chi connectivity index (χ0n) is 18.0. The fraction of sp³-hybridized carbons (Fsp3) is 0.0741. The van der Waals surface area contributed by atoms with Crippen molar-refractivity contribution in [3.63, 3.8) is 0 Å². The Morgan fingerprint density at radius 3 is 1.50 bits per heavy atom. The Morgan fingerprint density at radius 1 is 0.735 bits per heavy atom. The van der Waals surface area contributed by atoms with E-state index >= 15 is 0 Å². The maximum Gasteiger partial charge on any atom is 0.253 e. The standard InChI is InChI=1S/C26H21BrN2O.CHCl3/c27-24-17-16-22(28)18-23(24)25(30)29-26(19-10-4-1-5-11-19,20-12-6-2-7-13-20)21-14-8-3-9-15-21;2-1(3)4/h1-18H,28H2,(H,29,30);1H. The lowest BCUT2D eigenvalue weighted by Gasteiger charge is -2.37. The van der Waals surface area contributed by atoms with Gasteiger partial charge in [0.1, 0.15) is 5.54 Å². The number of alkyl halides is 3. The summed E-state index contributed by atoms with van der Waals surface area (Å²) >= 11 is 17.9. The first-order valence-electron chi connectivity index (χ1n) is 10.3. The van der Waals surface area contributed by atoms with E-state index in [1.165, 1.54) is 0 Å². The third kappa shape index (κ3) is 6.34. The molecule has 0 aliphatic carbocycles. The molecule has 0 atom stereocenters. The summed E-state index contributed by atoms with van der Waals surface area (Å²) in [5, 5.41) is 3.34. The molecule has 0 saturated carbocycles.